The lowest BCUT2D eigenvalue weighted by Crippen LogP contribution is -2.34. The number of amides is 2. The Kier molecular flexibility index (Phi) is 6.56. The summed E-state index contributed by atoms with van der Waals surface area (Å²) in [6.07, 6.45) is 3.03. The number of aromatic nitrogens is 3. The number of aryl methyl sites for hydroxylation is 2. The highest BCUT2D eigenvalue weighted by Gasteiger charge is 2.30. The molecule has 3 rings (SSSR count). The van der Waals surface area contributed by atoms with Crippen molar-refractivity contribution in [3.05, 3.63) is 28.8 Å². The standard InChI is InChI=1S/C20H29N5O4/c1-5-11(2)21-20(27)28-15-7-6-14(8-15)17-10-18(24-23-17)22-19(26)9-16-12(3)25-29-13(16)4/h10-11,14-15H,5-9H2,1-4H3,(H,21,27)(H2,22,23,24,26)/t11-,14-,15+/m0/s1. The van der Waals surface area contributed by atoms with Crippen molar-refractivity contribution in [1.82, 2.24) is 20.7 Å². The third kappa shape index (κ3) is 5.36. The maximum Gasteiger partial charge on any atom is 0.407 e. The average Bonchev–Trinajstić information content (AvgIpc) is 3.39. The van der Waals surface area contributed by atoms with Gasteiger partial charge in [0.05, 0.1) is 12.1 Å². The average molecular weight is 403 g/mol. The maximum atomic E-state index is 12.3. The van der Waals surface area contributed by atoms with Crippen LogP contribution in [0, 0.1) is 13.8 Å². The van der Waals surface area contributed by atoms with Crippen LogP contribution in [0.25, 0.3) is 0 Å². The van der Waals surface area contributed by atoms with Crippen LogP contribution in [0.4, 0.5) is 10.6 Å². The lowest BCUT2D eigenvalue weighted by Gasteiger charge is -2.16. The summed E-state index contributed by atoms with van der Waals surface area (Å²) in [5, 5.41) is 16.7. The van der Waals surface area contributed by atoms with Crippen molar-refractivity contribution < 1.29 is 18.8 Å². The molecule has 3 N–H and O–H groups in total. The molecule has 0 unspecified atom stereocenters. The van der Waals surface area contributed by atoms with Gasteiger partial charge in [0, 0.05) is 29.3 Å². The highest BCUT2D eigenvalue weighted by molar-refractivity contribution is 5.91. The number of carbonyl (C=O) groups is 2. The summed E-state index contributed by atoms with van der Waals surface area (Å²) in [7, 11) is 0. The van der Waals surface area contributed by atoms with Crippen LogP contribution in [0.3, 0.4) is 0 Å². The molecule has 3 atom stereocenters. The Hall–Kier alpha value is -2.84. The van der Waals surface area contributed by atoms with Gasteiger partial charge in [-0.15, -0.1) is 0 Å². The van der Waals surface area contributed by atoms with Crippen molar-refractivity contribution >= 4 is 17.8 Å². The summed E-state index contributed by atoms with van der Waals surface area (Å²) < 4.78 is 10.6. The van der Waals surface area contributed by atoms with Gasteiger partial charge in [-0.1, -0.05) is 12.1 Å². The minimum atomic E-state index is -0.359. The summed E-state index contributed by atoms with van der Waals surface area (Å²) in [6.45, 7) is 7.56. The Morgan fingerprint density at radius 2 is 2.17 bits per heavy atom. The van der Waals surface area contributed by atoms with E-state index in [2.05, 4.69) is 26.0 Å². The van der Waals surface area contributed by atoms with Crippen LogP contribution < -0.4 is 10.6 Å². The van der Waals surface area contributed by atoms with Crippen LogP contribution in [-0.4, -0.2) is 39.5 Å². The summed E-state index contributed by atoms with van der Waals surface area (Å²) in [6, 6.07) is 1.95. The molecule has 1 fully saturated rings. The Morgan fingerprint density at radius 1 is 1.38 bits per heavy atom. The number of nitrogens with zero attached hydrogens (tertiary/aromatic N) is 2. The van der Waals surface area contributed by atoms with E-state index >= 15 is 0 Å². The number of aromatic amines is 1. The van der Waals surface area contributed by atoms with Crippen molar-refractivity contribution in [3.63, 3.8) is 0 Å². The van der Waals surface area contributed by atoms with Gasteiger partial charge in [0.1, 0.15) is 11.9 Å². The molecule has 2 aromatic heterocycles. The van der Waals surface area contributed by atoms with Crippen molar-refractivity contribution in [1.29, 1.82) is 0 Å². The zero-order valence-electron chi connectivity index (χ0n) is 17.4. The molecule has 0 bridgehead atoms. The van der Waals surface area contributed by atoms with E-state index in [9.17, 15) is 9.59 Å². The first kappa shape index (κ1) is 20.9. The molecule has 1 aliphatic carbocycles. The molecule has 0 aromatic carbocycles. The molecule has 9 nitrogen and oxygen atoms in total. The van der Waals surface area contributed by atoms with Crippen LogP contribution in [0.15, 0.2) is 10.6 Å². The van der Waals surface area contributed by atoms with E-state index in [1.807, 2.05) is 26.8 Å². The van der Waals surface area contributed by atoms with E-state index in [0.29, 0.717) is 11.6 Å². The second kappa shape index (κ2) is 9.11. The number of hydrogen-bond donors (Lipinski definition) is 3. The fourth-order valence-corrected chi connectivity index (χ4v) is 3.53. The predicted molar refractivity (Wildman–Crippen MR) is 107 cm³/mol. The van der Waals surface area contributed by atoms with Crippen LogP contribution in [0.2, 0.25) is 0 Å². The van der Waals surface area contributed by atoms with Gasteiger partial charge in [-0.25, -0.2) is 4.79 Å². The fourth-order valence-electron chi connectivity index (χ4n) is 3.53. The maximum absolute atomic E-state index is 12.3. The zero-order chi connectivity index (χ0) is 21.0. The van der Waals surface area contributed by atoms with Gasteiger partial charge < -0.3 is 19.9 Å². The summed E-state index contributed by atoms with van der Waals surface area (Å²) in [5.41, 5.74) is 2.45. The Bertz CT molecular complexity index is 839. The molecule has 29 heavy (non-hydrogen) atoms. The minimum Gasteiger partial charge on any atom is -0.446 e. The largest absolute Gasteiger partial charge is 0.446 e. The lowest BCUT2D eigenvalue weighted by atomic mass is 10.0. The van der Waals surface area contributed by atoms with E-state index in [1.54, 1.807) is 6.92 Å². The minimum absolute atomic E-state index is 0.101. The molecule has 1 aliphatic rings. The van der Waals surface area contributed by atoms with E-state index in [4.69, 9.17) is 9.26 Å². The van der Waals surface area contributed by atoms with Gasteiger partial charge in [-0.2, -0.15) is 5.10 Å². The van der Waals surface area contributed by atoms with E-state index in [1.165, 1.54) is 0 Å². The van der Waals surface area contributed by atoms with E-state index in [0.717, 1.165) is 42.6 Å². The van der Waals surface area contributed by atoms with Crippen molar-refractivity contribution in [3.8, 4) is 0 Å². The second-order valence-corrected chi connectivity index (χ2v) is 7.73. The molecule has 0 spiro atoms. The second-order valence-electron chi connectivity index (χ2n) is 7.73. The van der Waals surface area contributed by atoms with Crippen LogP contribution >= 0.6 is 0 Å². The van der Waals surface area contributed by atoms with Gasteiger partial charge in [-0.05, 0) is 46.5 Å². The highest BCUT2D eigenvalue weighted by Crippen LogP contribution is 2.35. The van der Waals surface area contributed by atoms with Gasteiger partial charge in [0.15, 0.2) is 5.82 Å². The Balaban J connectivity index is 1.50. The molecule has 158 valence electrons. The number of nitrogens with one attached hydrogen (secondary N) is 3. The molecular weight excluding hydrogens is 374 g/mol. The number of H-pyrrole nitrogens is 1. The molecule has 0 radical (unpaired) electrons. The number of ether oxygens (including phenoxy) is 1. The SMILES string of the molecule is CC[C@H](C)NC(=O)O[C@@H]1CC[C@H](c2cc(NC(=O)Cc3c(C)noc3C)n[nH]2)C1. The van der Waals surface area contributed by atoms with Gasteiger partial charge in [0.2, 0.25) is 5.91 Å². The number of hydrogen-bond acceptors (Lipinski definition) is 6. The van der Waals surface area contributed by atoms with E-state index < -0.39 is 0 Å². The highest BCUT2D eigenvalue weighted by atomic mass is 16.6. The molecule has 2 aromatic rings. The third-order valence-electron chi connectivity index (χ3n) is 5.46. The monoisotopic (exact) mass is 403 g/mol. The summed E-state index contributed by atoms with van der Waals surface area (Å²) in [5.74, 6) is 1.18. The third-order valence-corrected chi connectivity index (χ3v) is 5.46. The van der Waals surface area contributed by atoms with Gasteiger partial charge in [-0.3, -0.25) is 9.89 Å². The normalized spacial score (nSPS) is 19.7. The predicted octanol–water partition coefficient (Wildman–Crippen LogP) is 3.36. The molecule has 0 aliphatic heterocycles. The number of anilines is 1. The fraction of sp³-hybridized carbons (Fsp3) is 0.600. The smallest absolute Gasteiger partial charge is 0.407 e. The van der Waals surface area contributed by atoms with E-state index in [-0.39, 0.29) is 36.5 Å². The molecule has 2 amide bonds. The molecule has 0 saturated heterocycles. The first-order valence-corrected chi connectivity index (χ1v) is 10.1. The summed E-state index contributed by atoms with van der Waals surface area (Å²) >= 11 is 0. The number of rotatable bonds is 7. The van der Waals surface area contributed by atoms with Crippen molar-refractivity contribution in [2.75, 3.05) is 5.32 Å². The Morgan fingerprint density at radius 3 is 2.86 bits per heavy atom. The first-order chi connectivity index (χ1) is 13.9. The van der Waals surface area contributed by atoms with Crippen LogP contribution in [-0.2, 0) is 16.0 Å². The number of alkyl carbamates (subject to hydrolysis) is 1. The summed E-state index contributed by atoms with van der Waals surface area (Å²) in [4.78, 5) is 24.2. The number of carbonyl (C=O) groups excluding carboxylic acids is 2. The molecular formula is C20H29N5O4. The van der Waals surface area contributed by atoms with Crippen molar-refractivity contribution in [2.45, 2.75) is 77.9 Å². The molecule has 2 heterocycles. The first-order valence-electron chi connectivity index (χ1n) is 10.1. The van der Waals surface area contributed by atoms with Gasteiger partial charge in [0.25, 0.3) is 0 Å². The quantitative estimate of drug-likeness (QED) is 0.652. The van der Waals surface area contributed by atoms with Crippen molar-refractivity contribution in [2.24, 2.45) is 0 Å². The lowest BCUT2D eigenvalue weighted by molar-refractivity contribution is -0.115. The van der Waals surface area contributed by atoms with Crippen LogP contribution in [0.5, 0.6) is 0 Å². The van der Waals surface area contributed by atoms with Crippen LogP contribution in [0.1, 0.15) is 68.2 Å². The molecule has 9 heteroatoms. The zero-order valence-corrected chi connectivity index (χ0v) is 17.4. The van der Waals surface area contributed by atoms with Gasteiger partial charge >= 0.3 is 6.09 Å². The molecule has 1 saturated carbocycles. The Labute approximate surface area is 169 Å². The topological polar surface area (TPSA) is 122 Å².